The van der Waals surface area contributed by atoms with Crippen LogP contribution in [0.25, 0.3) is 0 Å². The molecule has 0 aliphatic carbocycles. The number of hydrogen-bond acceptors (Lipinski definition) is 2. The van der Waals surface area contributed by atoms with Crippen molar-refractivity contribution in [2.24, 2.45) is 5.73 Å². The number of nitrogens with zero attached hydrogens (tertiary/aromatic N) is 1. The molecule has 0 fully saturated rings. The first kappa shape index (κ1) is 12.6. The molecule has 0 saturated carbocycles. The summed E-state index contributed by atoms with van der Waals surface area (Å²) in [5, 5.41) is 0.378. The minimum absolute atomic E-state index is 0.00744. The number of alkyl halides is 2. The van der Waals surface area contributed by atoms with Crippen LogP contribution in [0, 0.1) is 6.92 Å². The molecule has 0 aliphatic rings. The van der Waals surface area contributed by atoms with Gasteiger partial charge in [-0.15, -0.1) is 0 Å². The molecule has 6 heteroatoms. The lowest BCUT2D eigenvalue weighted by molar-refractivity contribution is 0.116. The first-order chi connectivity index (χ1) is 6.91. The van der Waals surface area contributed by atoms with Gasteiger partial charge in [0.05, 0.1) is 6.04 Å². The Kier molecular flexibility index (Phi) is 4.25. The molecule has 1 unspecified atom stereocenters. The van der Waals surface area contributed by atoms with Crippen molar-refractivity contribution in [3.8, 4) is 0 Å². The normalized spacial score (nSPS) is 13.3. The molecule has 1 aromatic rings. The van der Waals surface area contributed by atoms with Crippen molar-refractivity contribution in [3.05, 3.63) is 27.5 Å². The zero-order valence-corrected chi connectivity index (χ0v) is 9.49. The monoisotopic (exact) mass is 254 g/mol. The molecule has 84 valence electrons. The van der Waals surface area contributed by atoms with Crippen molar-refractivity contribution in [2.45, 2.75) is 25.8 Å². The van der Waals surface area contributed by atoms with Crippen LogP contribution < -0.4 is 5.73 Å². The van der Waals surface area contributed by atoms with E-state index in [0.717, 1.165) is 5.56 Å². The minimum Gasteiger partial charge on any atom is -0.323 e. The second-order valence-electron chi connectivity index (χ2n) is 3.23. The first-order valence-electron chi connectivity index (χ1n) is 4.27. The van der Waals surface area contributed by atoms with E-state index < -0.39 is 12.5 Å². The summed E-state index contributed by atoms with van der Waals surface area (Å²) in [6.45, 7) is 1.73. The first-order valence-corrected chi connectivity index (χ1v) is 5.02. The van der Waals surface area contributed by atoms with Gasteiger partial charge in [-0.3, -0.25) is 0 Å². The third-order valence-corrected chi connectivity index (χ3v) is 2.54. The zero-order chi connectivity index (χ0) is 11.6. The zero-order valence-electron chi connectivity index (χ0n) is 7.98. The molecule has 1 rings (SSSR count). The number of aryl methyl sites for hydroxylation is 1. The maximum absolute atomic E-state index is 12.2. The van der Waals surface area contributed by atoms with Gasteiger partial charge in [0.1, 0.15) is 10.3 Å². The molecule has 15 heavy (non-hydrogen) atoms. The van der Waals surface area contributed by atoms with Crippen LogP contribution in [-0.2, 0) is 6.42 Å². The average Bonchev–Trinajstić information content (AvgIpc) is 2.10. The Morgan fingerprint density at radius 2 is 2.07 bits per heavy atom. The summed E-state index contributed by atoms with van der Waals surface area (Å²) in [6.07, 6.45) is -2.58. The Balaban J connectivity index is 2.95. The quantitative estimate of drug-likeness (QED) is 0.843. The molecule has 1 heterocycles. The van der Waals surface area contributed by atoms with Gasteiger partial charge in [-0.05, 0) is 30.5 Å². The Bertz CT molecular complexity index is 335. The van der Waals surface area contributed by atoms with Crippen molar-refractivity contribution < 1.29 is 8.78 Å². The van der Waals surface area contributed by atoms with Crippen LogP contribution >= 0.6 is 23.2 Å². The Labute approximate surface area is 96.4 Å². The lowest BCUT2D eigenvalue weighted by Gasteiger charge is -2.13. The second-order valence-corrected chi connectivity index (χ2v) is 3.98. The van der Waals surface area contributed by atoms with Crippen LogP contribution in [0.2, 0.25) is 10.3 Å². The fourth-order valence-corrected chi connectivity index (χ4v) is 1.80. The molecule has 1 atom stereocenters. The van der Waals surface area contributed by atoms with E-state index >= 15 is 0 Å². The predicted octanol–water partition coefficient (Wildman–Crippen LogP) is 2.83. The number of nitrogens with two attached hydrogens (primary N) is 1. The number of hydrogen-bond donors (Lipinski definition) is 1. The molecule has 0 amide bonds. The van der Waals surface area contributed by atoms with Gasteiger partial charge < -0.3 is 5.73 Å². The van der Waals surface area contributed by atoms with Gasteiger partial charge in [0.25, 0.3) is 6.43 Å². The number of rotatable bonds is 3. The van der Waals surface area contributed by atoms with Crippen LogP contribution in [0.5, 0.6) is 0 Å². The molecule has 0 aromatic carbocycles. The molecule has 0 saturated heterocycles. The lowest BCUT2D eigenvalue weighted by Crippen LogP contribution is -2.31. The molecule has 0 radical (unpaired) electrons. The van der Waals surface area contributed by atoms with E-state index in [-0.39, 0.29) is 16.7 Å². The summed E-state index contributed by atoms with van der Waals surface area (Å²) >= 11 is 11.4. The maximum atomic E-state index is 12.2. The Morgan fingerprint density at radius 1 is 1.47 bits per heavy atom. The SMILES string of the molecule is Cc1cc(Cl)nc(Cl)c1CC(N)C(F)F. The summed E-state index contributed by atoms with van der Waals surface area (Å²) in [4.78, 5) is 3.78. The highest BCUT2D eigenvalue weighted by Gasteiger charge is 2.19. The predicted molar refractivity (Wildman–Crippen MR) is 56.7 cm³/mol. The lowest BCUT2D eigenvalue weighted by atomic mass is 10.0. The van der Waals surface area contributed by atoms with Crippen molar-refractivity contribution in [1.29, 1.82) is 0 Å². The highest BCUT2D eigenvalue weighted by atomic mass is 35.5. The summed E-state index contributed by atoms with van der Waals surface area (Å²) in [5.74, 6) is 0. The molecule has 1 aromatic heterocycles. The summed E-state index contributed by atoms with van der Waals surface area (Å²) in [7, 11) is 0. The van der Waals surface area contributed by atoms with Crippen LogP contribution in [0.15, 0.2) is 6.07 Å². The van der Waals surface area contributed by atoms with Crippen molar-refractivity contribution >= 4 is 23.2 Å². The number of pyridine rings is 1. The minimum atomic E-state index is -2.57. The maximum Gasteiger partial charge on any atom is 0.253 e. The number of aromatic nitrogens is 1. The summed E-state index contributed by atoms with van der Waals surface area (Å²) in [6, 6.07) is 0.338. The van der Waals surface area contributed by atoms with E-state index in [1.807, 2.05) is 0 Å². The Morgan fingerprint density at radius 3 is 2.53 bits per heavy atom. The van der Waals surface area contributed by atoms with E-state index in [9.17, 15) is 8.78 Å². The van der Waals surface area contributed by atoms with Gasteiger partial charge in [0.2, 0.25) is 0 Å². The van der Waals surface area contributed by atoms with E-state index in [4.69, 9.17) is 28.9 Å². The standard InChI is InChI=1S/C9H10Cl2F2N2/c1-4-2-7(10)15-8(11)5(4)3-6(14)9(12)13/h2,6,9H,3,14H2,1H3. The molecule has 2 nitrogen and oxygen atoms in total. The molecule has 0 bridgehead atoms. The smallest absolute Gasteiger partial charge is 0.253 e. The van der Waals surface area contributed by atoms with E-state index in [2.05, 4.69) is 4.98 Å². The van der Waals surface area contributed by atoms with Crippen molar-refractivity contribution in [1.82, 2.24) is 4.98 Å². The van der Waals surface area contributed by atoms with Crippen LogP contribution in [0.3, 0.4) is 0 Å². The molecule has 2 N–H and O–H groups in total. The number of halogens is 4. The highest BCUT2D eigenvalue weighted by molar-refractivity contribution is 6.33. The van der Waals surface area contributed by atoms with Gasteiger partial charge >= 0.3 is 0 Å². The topological polar surface area (TPSA) is 38.9 Å². The molecular formula is C9H10Cl2F2N2. The van der Waals surface area contributed by atoms with Gasteiger partial charge in [-0.2, -0.15) is 0 Å². The van der Waals surface area contributed by atoms with Gasteiger partial charge in [-0.25, -0.2) is 13.8 Å². The van der Waals surface area contributed by atoms with Gasteiger partial charge in [0, 0.05) is 0 Å². The summed E-state index contributed by atoms with van der Waals surface area (Å²) in [5.41, 5.74) is 6.50. The van der Waals surface area contributed by atoms with Crippen molar-refractivity contribution in [2.75, 3.05) is 0 Å². The van der Waals surface area contributed by atoms with Crippen LogP contribution in [0.4, 0.5) is 8.78 Å². The Hall–Kier alpha value is -0.450. The molecular weight excluding hydrogens is 245 g/mol. The fraction of sp³-hybridized carbons (Fsp3) is 0.444. The third-order valence-electron chi connectivity index (χ3n) is 2.03. The van der Waals surface area contributed by atoms with Crippen LogP contribution in [0.1, 0.15) is 11.1 Å². The molecule has 0 spiro atoms. The van der Waals surface area contributed by atoms with E-state index in [1.165, 1.54) is 0 Å². The fourth-order valence-electron chi connectivity index (χ4n) is 1.19. The van der Waals surface area contributed by atoms with E-state index in [1.54, 1.807) is 13.0 Å². The largest absolute Gasteiger partial charge is 0.323 e. The second kappa shape index (κ2) is 5.05. The van der Waals surface area contributed by atoms with E-state index in [0.29, 0.717) is 5.56 Å². The van der Waals surface area contributed by atoms with Gasteiger partial charge in [-0.1, -0.05) is 23.2 Å². The average molecular weight is 255 g/mol. The van der Waals surface area contributed by atoms with Gasteiger partial charge in [0.15, 0.2) is 0 Å². The highest BCUT2D eigenvalue weighted by Crippen LogP contribution is 2.23. The summed E-state index contributed by atoms with van der Waals surface area (Å²) < 4.78 is 24.5. The molecule has 0 aliphatic heterocycles. The van der Waals surface area contributed by atoms with Crippen molar-refractivity contribution in [3.63, 3.8) is 0 Å². The van der Waals surface area contributed by atoms with Crippen LogP contribution in [-0.4, -0.2) is 17.5 Å². The third kappa shape index (κ3) is 3.26.